The summed E-state index contributed by atoms with van der Waals surface area (Å²) >= 11 is 4.89. The topological polar surface area (TPSA) is 49.3 Å². The number of thiophene rings is 1. The Hall–Kier alpha value is -1.68. The second kappa shape index (κ2) is 7.36. The molecule has 1 amide bonds. The van der Waals surface area contributed by atoms with E-state index < -0.39 is 11.7 Å². The highest BCUT2D eigenvalue weighted by atomic mass is 79.9. The fourth-order valence-corrected chi connectivity index (χ4v) is 3.09. The van der Waals surface area contributed by atoms with E-state index in [4.69, 9.17) is 5.11 Å². The third kappa shape index (κ3) is 4.14. The van der Waals surface area contributed by atoms with Crippen LogP contribution in [0.25, 0.3) is 0 Å². The number of benzene rings is 1. The molecule has 21 heavy (non-hydrogen) atoms. The number of hydrogen-bond donors (Lipinski definition) is 2. The smallest absolute Gasteiger partial charge is 0.252 e. The first-order valence-electron chi connectivity index (χ1n) is 6.01. The van der Waals surface area contributed by atoms with Crippen molar-refractivity contribution in [3.63, 3.8) is 0 Å². The zero-order valence-electron chi connectivity index (χ0n) is 10.8. The summed E-state index contributed by atoms with van der Waals surface area (Å²) in [6, 6.07) is 5.69. The van der Waals surface area contributed by atoms with Crippen molar-refractivity contribution in [3.05, 3.63) is 55.9 Å². The van der Waals surface area contributed by atoms with Crippen LogP contribution in [-0.4, -0.2) is 17.6 Å². The van der Waals surface area contributed by atoms with Crippen molar-refractivity contribution in [1.82, 2.24) is 5.32 Å². The molecule has 6 heteroatoms. The highest BCUT2D eigenvalue weighted by molar-refractivity contribution is 9.10. The van der Waals surface area contributed by atoms with Gasteiger partial charge in [-0.1, -0.05) is 11.8 Å². The van der Waals surface area contributed by atoms with Gasteiger partial charge >= 0.3 is 0 Å². The van der Waals surface area contributed by atoms with Crippen LogP contribution >= 0.6 is 27.3 Å². The molecule has 0 unspecified atom stereocenters. The van der Waals surface area contributed by atoms with Crippen molar-refractivity contribution < 1.29 is 14.3 Å². The van der Waals surface area contributed by atoms with Gasteiger partial charge in [0.05, 0.1) is 12.1 Å². The number of aliphatic hydroxyl groups excluding tert-OH is 1. The molecule has 0 spiro atoms. The number of nitrogens with one attached hydrogen (secondary N) is 1. The molecule has 2 N–H and O–H groups in total. The number of halogens is 2. The quantitative estimate of drug-likeness (QED) is 0.819. The molecule has 0 saturated heterocycles. The van der Waals surface area contributed by atoms with Crippen molar-refractivity contribution >= 4 is 33.2 Å². The van der Waals surface area contributed by atoms with E-state index >= 15 is 0 Å². The predicted octanol–water partition coefficient (Wildman–Crippen LogP) is 2.92. The molecule has 1 aromatic heterocycles. The minimum atomic E-state index is -0.507. The lowest BCUT2D eigenvalue weighted by atomic mass is 10.1. The van der Waals surface area contributed by atoms with Crippen LogP contribution in [0.15, 0.2) is 34.1 Å². The Morgan fingerprint density at radius 3 is 2.90 bits per heavy atom. The molecule has 1 heterocycles. The lowest BCUT2D eigenvalue weighted by Crippen LogP contribution is -2.23. The molecule has 0 saturated carbocycles. The molecule has 3 nitrogen and oxygen atoms in total. The highest BCUT2D eigenvalue weighted by Crippen LogP contribution is 2.22. The maximum Gasteiger partial charge on any atom is 0.252 e. The van der Waals surface area contributed by atoms with Gasteiger partial charge in [-0.3, -0.25) is 4.79 Å². The predicted molar refractivity (Wildman–Crippen MR) is 83.6 cm³/mol. The van der Waals surface area contributed by atoms with Gasteiger partial charge < -0.3 is 10.4 Å². The maximum atomic E-state index is 13.3. The number of aliphatic hydroxyl groups is 1. The third-order valence-electron chi connectivity index (χ3n) is 2.63. The van der Waals surface area contributed by atoms with Crippen LogP contribution < -0.4 is 5.32 Å². The van der Waals surface area contributed by atoms with Gasteiger partial charge in [0.1, 0.15) is 12.4 Å². The monoisotopic (exact) mass is 367 g/mol. The van der Waals surface area contributed by atoms with E-state index in [2.05, 4.69) is 33.1 Å². The summed E-state index contributed by atoms with van der Waals surface area (Å²) in [5, 5.41) is 13.4. The van der Waals surface area contributed by atoms with Gasteiger partial charge in [0.2, 0.25) is 0 Å². The van der Waals surface area contributed by atoms with Gasteiger partial charge in [-0.2, -0.15) is 0 Å². The fourth-order valence-electron chi connectivity index (χ4n) is 1.66. The van der Waals surface area contributed by atoms with Crippen molar-refractivity contribution in [2.24, 2.45) is 0 Å². The fraction of sp³-hybridized carbons (Fsp3) is 0.133. The second-order valence-electron chi connectivity index (χ2n) is 4.02. The van der Waals surface area contributed by atoms with Crippen molar-refractivity contribution in [3.8, 4) is 11.8 Å². The second-order valence-corrected chi connectivity index (χ2v) is 5.88. The Balaban J connectivity index is 2.18. The first-order valence-corrected chi connectivity index (χ1v) is 7.68. The van der Waals surface area contributed by atoms with Crippen LogP contribution in [0, 0.1) is 17.7 Å². The summed E-state index contributed by atoms with van der Waals surface area (Å²) in [5.74, 6) is 4.18. The zero-order chi connectivity index (χ0) is 15.2. The van der Waals surface area contributed by atoms with Gasteiger partial charge in [0.25, 0.3) is 5.91 Å². The Labute approximate surface area is 133 Å². The minimum Gasteiger partial charge on any atom is -0.384 e. The average molecular weight is 368 g/mol. The normalized spacial score (nSPS) is 9.86. The van der Waals surface area contributed by atoms with Crippen LogP contribution in [0.5, 0.6) is 0 Å². The summed E-state index contributed by atoms with van der Waals surface area (Å²) in [6.07, 6.45) is 0. The molecule has 0 aliphatic rings. The number of amides is 1. The maximum absolute atomic E-state index is 13.3. The molecular weight excluding hydrogens is 357 g/mol. The molecule has 108 valence electrons. The van der Waals surface area contributed by atoms with E-state index in [1.807, 2.05) is 11.4 Å². The number of rotatable bonds is 3. The first-order chi connectivity index (χ1) is 10.1. The van der Waals surface area contributed by atoms with E-state index in [1.54, 1.807) is 0 Å². The van der Waals surface area contributed by atoms with Gasteiger partial charge in [0, 0.05) is 14.9 Å². The summed E-state index contributed by atoms with van der Waals surface area (Å²) in [6.45, 7) is 0.0288. The standard InChI is InChI=1S/C15H11BrFNO2S/c16-13-5-7-21-14(13)9-18-15(20)12-8-11(17)4-3-10(12)2-1-6-19/h3-5,7-8,19H,6,9H2,(H,18,20). The van der Waals surface area contributed by atoms with Crippen LogP contribution in [0.2, 0.25) is 0 Å². The van der Waals surface area contributed by atoms with E-state index in [0.717, 1.165) is 15.4 Å². The molecule has 0 aliphatic carbocycles. The van der Waals surface area contributed by atoms with Gasteiger partial charge in [-0.25, -0.2) is 4.39 Å². The van der Waals surface area contributed by atoms with E-state index in [0.29, 0.717) is 12.1 Å². The zero-order valence-corrected chi connectivity index (χ0v) is 13.2. The van der Waals surface area contributed by atoms with Crippen LogP contribution in [-0.2, 0) is 6.54 Å². The summed E-state index contributed by atoms with van der Waals surface area (Å²) in [4.78, 5) is 13.1. The molecule has 2 rings (SSSR count). The van der Waals surface area contributed by atoms with Gasteiger partial charge in [-0.05, 0) is 45.6 Å². The molecule has 0 bridgehead atoms. The largest absolute Gasteiger partial charge is 0.384 e. The lowest BCUT2D eigenvalue weighted by Gasteiger charge is -2.07. The van der Waals surface area contributed by atoms with Crippen LogP contribution in [0.1, 0.15) is 20.8 Å². The highest BCUT2D eigenvalue weighted by Gasteiger charge is 2.12. The van der Waals surface area contributed by atoms with E-state index in [1.165, 1.54) is 23.5 Å². The molecule has 0 radical (unpaired) electrons. The van der Waals surface area contributed by atoms with Gasteiger partial charge in [0.15, 0.2) is 0 Å². The van der Waals surface area contributed by atoms with Crippen LogP contribution in [0.4, 0.5) is 4.39 Å². The van der Waals surface area contributed by atoms with Crippen LogP contribution in [0.3, 0.4) is 0 Å². The van der Waals surface area contributed by atoms with Gasteiger partial charge in [-0.15, -0.1) is 11.3 Å². The van der Waals surface area contributed by atoms with Crippen molar-refractivity contribution in [2.45, 2.75) is 6.54 Å². The summed E-state index contributed by atoms with van der Waals surface area (Å²) < 4.78 is 14.2. The first kappa shape index (κ1) is 15.7. The molecule has 0 atom stereocenters. The summed E-state index contributed by atoms with van der Waals surface area (Å²) in [5.41, 5.74) is 0.539. The number of carbonyl (C=O) groups is 1. The summed E-state index contributed by atoms with van der Waals surface area (Å²) in [7, 11) is 0. The van der Waals surface area contributed by atoms with Crippen molar-refractivity contribution in [1.29, 1.82) is 0 Å². The lowest BCUT2D eigenvalue weighted by molar-refractivity contribution is 0.0950. The average Bonchev–Trinajstić information content (AvgIpc) is 2.88. The number of hydrogen-bond acceptors (Lipinski definition) is 3. The Morgan fingerprint density at radius 1 is 1.43 bits per heavy atom. The molecule has 2 aromatic rings. The van der Waals surface area contributed by atoms with E-state index in [9.17, 15) is 9.18 Å². The Bertz CT molecular complexity index is 718. The number of carbonyl (C=O) groups excluding carboxylic acids is 1. The van der Waals surface area contributed by atoms with E-state index in [-0.39, 0.29) is 12.2 Å². The third-order valence-corrected chi connectivity index (χ3v) is 4.56. The Morgan fingerprint density at radius 2 is 2.24 bits per heavy atom. The Kier molecular flexibility index (Phi) is 5.51. The molecule has 0 aliphatic heterocycles. The molecular formula is C15H11BrFNO2S. The minimum absolute atomic E-state index is 0.156. The SMILES string of the molecule is O=C(NCc1sccc1Br)c1cc(F)ccc1C#CCO. The van der Waals surface area contributed by atoms with Crippen molar-refractivity contribution in [2.75, 3.05) is 6.61 Å². The molecule has 0 fully saturated rings. The molecule has 1 aromatic carbocycles.